The minimum atomic E-state index is 0. The first-order valence-electron chi connectivity index (χ1n) is 7.37. The van der Waals surface area contributed by atoms with Crippen LogP contribution >= 0.6 is 24.8 Å². The Morgan fingerprint density at radius 1 is 1.11 bits per heavy atom. The molecule has 2 bridgehead atoms. The summed E-state index contributed by atoms with van der Waals surface area (Å²) < 4.78 is 0. The number of hydrogen-bond donors (Lipinski definition) is 1. The molecule has 3 saturated heterocycles. The number of likely N-dealkylation sites (N-methyl/N-ethyl adjacent to an activating group) is 1. The van der Waals surface area contributed by atoms with Crippen LogP contribution in [0, 0.1) is 11.8 Å². The van der Waals surface area contributed by atoms with Gasteiger partial charge < -0.3 is 10.2 Å². The lowest BCUT2D eigenvalue weighted by molar-refractivity contribution is -0.0461. The van der Waals surface area contributed by atoms with Crippen molar-refractivity contribution in [3.63, 3.8) is 0 Å². The fourth-order valence-corrected chi connectivity index (χ4v) is 4.39. The predicted octanol–water partition coefficient (Wildman–Crippen LogP) is 1.85. The molecule has 4 atom stereocenters. The topological polar surface area (TPSA) is 18.5 Å². The molecule has 19 heavy (non-hydrogen) atoms. The van der Waals surface area contributed by atoms with Crippen molar-refractivity contribution in [2.45, 2.75) is 37.8 Å². The molecule has 1 N–H and O–H groups in total. The Kier molecular flexibility index (Phi) is 6.88. The Balaban J connectivity index is 0.000000902. The van der Waals surface area contributed by atoms with Crippen LogP contribution in [0.25, 0.3) is 0 Å². The molecule has 3 heterocycles. The van der Waals surface area contributed by atoms with E-state index in [1.54, 1.807) is 0 Å². The minimum Gasteiger partial charge on any atom is -0.316 e. The van der Waals surface area contributed by atoms with Gasteiger partial charge in [0.1, 0.15) is 0 Å². The second-order valence-electron chi connectivity index (χ2n) is 6.54. The predicted molar refractivity (Wildman–Crippen MR) is 85.6 cm³/mol. The molecule has 5 heteroatoms. The van der Waals surface area contributed by atoms with E-state index in [-0.39, 0.29) is 24.8 Å². The number of nitrogens with one attached hydrogen (secondary N) is 1. The molecule has 0 aliphatic carbocycles. The largest absolute Gasteiger partial charge is 0.316 e. The van der Waals surface area contributed by atoms with Crippen LogP contribution in [-0.4, -0.2) is 62.2 Å². The summed E-state index contributed by atoms with van der Waals surface area (Å²) in [5, 5.41) is 3.68. The average molecular weight is 310 g/mol. The third-order valence-corrected chi connectivity index (χ3v) is 5.08. The van der Waals surface area contributed by atoms with Crippen molar-refractivity contribution < 1.29 is 0 Å². The molecule has 0 aromatic rings. The van der Waals surface area contributed by atoms with Crippen molar-refractivity contribution in [3.05, 3.63) is 0 Å². The second kappa shape index (κ2) is 7.46. The highest BCUT2D eigenvalue weighted by molar-refractivity contribution is 5.85. The maximum Gasteiger partial charge on any atom is 0.0266 e. The molecule has 3 nitrogen and oxygen atoms in total. The first-order chi connectivity index (χ1) is 8.25. The molecule has 114 valence electrons. The van der Waals surface area contributed by atoms with Crippen molar-refractivity contribution >= 4 is 24.8 Å². The Morgan fingerprint density at radius 2 is 1.84 bits per heavy atom. The highest BCUT2D eigenvalue weighted by atomic mass is 35.5. The Hall–Kier alpha value is 0.460. The van der Waals surface area contributed by atoms with Gasteiger partial charge in [-0.3, -0.25) is 4.90 Å². The molecule has 0 spiro atoms. The van der Waals surface area contributed by atoms with E-state index in [1.165, 1.54) is 51.9 Å². The molecule has 3 rings (SSSR count). The maximum atomic E-state index is 3.68. The monoisotopic (exact) mass is 309 g/mol. The molecular formula is C14H29Cl2N3. The summed E-state index contributed by atoms with van der Waals surface area (Å²) in [6, 6.07) is 1.69. The van der Waals surface area contributed by atoms with Gasteiger partial charge >= 0.3 is 0 Å². The number of rotatable bonds is 2. The van der Waals surface area contributed by atoms with Crippen LogP contribution in [0.3, 0.4) is 0 Å². The Bertz CT molecular complexity index is 275. The molecule has 0 radical (unpaired) electrons. The van der Waals surface area contributed by atoms with Gasteiger partial charge in [0.25, 0.3) is 0 Å². The summed E-state index contributed by atoms with van der Waals surface area (Å²) in [6.07, 6.45) is 5.81. The molecule has 0 saturated carbocycles. The van der Waals surface area contributed by atoms with Gasteiger partial charge in [0, 0.05) is 18.6 Å². The first-order valence-corrected chi connectivity index (χ1v) is 7.37. The quantitative estimate of drug-likeness (QED) is 0.840. The van der Waals surface area contributed by atoms with Crippen LogP contribution in [0.2, 0.25) is 0 Å². The van der Waals surface area contributed by atoms with Crippen LogP contribution < -0.4 is 5.32 Å². The smallest absolute Gasteiger partial charge is 0.0266 e. The zero-order valence-electron chi connectivity index (χ0n) is 12.2. The number of fused-ring (bicyclic) bond motifs is 4. The first kappa shape index (κ1) is 17.5. The van der Waals surface area contributed by atoms with E-state index >= 15 is 0 Å². The third-order valence-electron chi connectivity index (χ3n) is 5.08. The van der Waals surface area contributed by atoms with Crippen molar-refractivity contribution in [2.24, 2.45) is 11.8 Å². The van der Waals surface area contributed by atoms with Gasteiger partial charge in [-0.2, -0.15) is 0 Å². The van der Waals surface area contributed by atoms with Crippen molar-refractivity contribution in [1.82, 2.24) is 15.1 Å². The standard InChI is InChI=1S/C14H27N3.2ClH/c1-16(2)10-14-12-7-11(8-15-9-12)13-5-3-4-6-17(13)14;;/h11-15H,3-10H2,1-2H3;2*1H/t11-,12+,13+,14+;;/m1../s1. The lowest BCUT2D eigenvalue weighted by Gasteiger charge is -2.55. The fraction of sp³-hybridized carbons (Fsp3) is 1.00. The molecule has 0 unspecified atom stereocenters. The van der Waals surface area contributed by atoms with Crippen molar-refractivity contribution in [1.29, 1.82) is 0 Å². The highest BCUT2D eigenvalue weighted by Gasteiger charge is 2.45. The fourth-order valence-electron chi connectivity index (χ4n) is 4.39. The van der Waals surface area contributed by atoms with E-state index in [9.17, 15) is 0 Å². The SMILES string of the molecule is CN(C)C[C@H]1[C@@H]2CNC[C@@H](C2)[C@@H]2CCCCN21.Cl.Cl. The van der Waals surface area contributed by atoms with Gasteiger partial charge in [0.15, 0.2) is 0 Å². The van der Waals surface area contributed by atoms with E-state index in [2.05, 4.69) is 29.2 Å². The Morgan fingerprint density at radius 3 is 2.58 bits per heavy atom. The van der Waals surface area contributed by atoms with Crippen LogP contribution in [0.1, 0.15) is 25.7 Å². The van der Waals surface area contributed by atoms with Gasteiger partial charge in [0.2, 0.25) is 0 Å². The van der Waals surface area contributed by atoms with Gasteiger partial charge in [-0.15, -0.1) is 24.8 Å². The number of hydrogen-bond acceptors (Lipinski definition) is 3. The van der Waals surface area contributed by atoms with Gasteiger partial charge in [0.05, 0.1) is 0 Å². The molecule has 0 aromatic carbocycles. The zero-order valence-corrected chi connectivity index (χ0v) is 13.8. The average Bonchev–Trinajstić information content (AvgIpc) is 2.35. The van der Waals surface area contributed by atoms with Crippen molar-refractivity contribution in [3.8, 4) is 0 Å². The summed E-state index contributed by atoms with van der Waals surface area (Å²) >= 11 is 0. The van der Waals surface area contributed by atoms with E-state index in [1.807, 2.05) is 0 Å². The van der Waals surface area contributed by atoms with Crippen LogP contribution in [-0.2, 0) is 0 Å². The number of piperidine rings is 3. The summed E-state index contributed by atoms with van der Waals surface area (Å²) in [6.45, 7) is 5.12. The summed E-state index contributed by atoms with van der Waals surface area (Å²) in [5.41, 5.74) is 0. The molecule has 0 amide bonds. The molecule has 3 fully saturated rings. The van der Waals surface area contributed by atoms with Gasteiger partial charge in [-0.25, -0.2) is 0 Å². The minimum absolute atomic E-state index is 0. The van der Waals surface area contributed by atoms with Gasteiger partial charge in [-0.05, 0) is 64.8 Å². The summed E-state index contributed by atoms with van der Waals surface area (Å²) in [7, 11) is 4.45. The van der Waals surface area contributed by atoms with Crippen LogP contribution in [0.15, 0.2) is 0 Å². The van der Waals surface area contributed by atoms with E-state index in [4.69, 9.17) is 0 Å². The maximum absolute atomic E-state index is 3.68. The van der Waals surface area contributed by atoms with Gasteiger partial charge in [-0.1, -0.05) is 6.42 Å². The lowest BCUT2D eigenvalue weighted by atomic mass is 9.73. The van der Waals surface area contributed by atoms with E-state index in [0.29, 0.717) is 0 Å². The lowest BCUT2D eigenvalue weighted by Crippen LogP contribution is -2.64. The summed E-state index contributed by atoms with van der Waals surface area (Å²) in [5.74, 6) is 1.83. The van der Waals surface area contributed by atoms with Crippen LogP contribution in [0.4, 0.5) is 0 Å². The molecule has 3 aliphatic heterocycles. The third kappa shape index (κ3) is 3.56. The molecule has 3 aliphatic rings. The Labute approximate surface area is 130 Å². The van der Waals surface area contributed by atoms with Crippen molar-refractivity contribution in [2.75, 3.05) is 40.3 Å². The summed E-state index contributed by atoms with van der Waals surface area (Å²) in [4.78, 5) is 5.26. The molecular weight excluding hydrogens is 281 g/mol. The van der Waals surface area contributed by atoms with E-state index < -0.39 is 0 Å². The van der Waals surface area contributed by atoms with E-state index in [0.717, 1.165) is 23.9 Å². The zero-order chi connectivity index (χ0) is 11.8. The van der Waals surface area contributed by atoms with Crippen LogP contribution in [0.5, 0.6) is 0 Å². The highest BCUT2D eigenvalue weighted by Crippen LogP contribution is 2.39. The molecule has 0 aromatic heterocycles. The second-order valence-corrected chi connectivity index (χ2v) is 6.54. The normalized spacial score (nSPS) is 38.1. The number of nitrogens with zero attached hydrogens (tertiary/aromatic N) is 2. The number of halogens is 2.